The average molecular weight is 449 g/mol. The Morgan fingerprint density at radius 2 is 2.13 bits per heavy atom. The number of non-ortho nitro benzene ring substituents is 1. The SMILES string of the molecule is COc1ccccc1CN=C1NC(=O)[C@@H](CC(=O)Nc2cc([N+](=O)[O-])ccc2Cl)S1. The number of methoxy groups -OCH3 is 1. The van der Waals surface area contributed by atoms with E-state index in [1.165, 1.54) is 18.2 Å². The van der Waals surface area contributed by atoms with Crippen LogP contribution in [0.5, 0.6) is 5.75 Å². The van der Waals surface area contributed by atoms with Crippen molar-refractivity contribution in [3.63, 3.8) is 0 Å². The van der Waals surface area contributed by atoms with E-state index >= 15 is 0 Å². The van der Waals surface area contributed by atoms with Gasteiger partial charge in [-0.15, -0.1) is 0 Å². The lowest BCUT2D eigenvalue weighted by Gasteiger charge is -2.09. The van der Waals surface area contributed by atoms with Crippen LogP contribution in [0.3, 0.4) is 0 Å². The number of amides is 2. The topological polar surface area (TPSA) is 123 Å². The predicted molar refractivity (Wildman–Crippen MR) is 115 cm³/mol. The van der Waals surface area contributed by atoms with Gasteiger partial charge in [0.15, 0.2) is 5.17 Å². The number of rotatable bonds is 7. The third kappa shape index (κ3) is 5.28. The van der Waals surface area contributed by atoms with Crippen molar-refractivity contribution in [1.82, 2.24) is 5.32 Å². The minimum Gasteiger partial charge on any atom is -0.496 e. The van der Waals surface area contributed by atoms with Crippen molar-refractivity contribution in [2.45, 2.75) is 18.2 Å². The van der Waals surface area contributed by atoms with Gasteiger partial charge < -0.3 is 15.4 Å². The Kier molecular flexibility index (Phi) is 6.91. The molecule has 0 aromatic heterocycles. The maximum Gasteiger partial charge on any atom is 0.271 e. The normalized spacial score (nSPS) is 16.9. The number of amidine groups is 1. The van der Waals surface area contributed by atoms with Crippen LogP contribution in [0.15, 0.2) is 47.5 Å². The van der Waals surface area contributed by atoms with Gasteiger partial charge in [-0.1, -0.05) is 41.6 Å². The van der Waals surface area contributed by atoms with Crippen LogP contribution in [0, 0.1) is 10.1 Å². The molecule has 1 heterocycles. The first-order chi connectivity index (χ1) is 14.4. The van der Waals surface area contributed by atoms with Gasteiger partial charge in [0, 0.05) is 24.1 Å². The Morgan fingerprint density at radius 3 is 2.87 bits per heavy atom. The summed E-state index contributed by atoms with van der Waals surface area (Å²) in [6.45, 7) is 0.314. The minimum atomic E-state index is -0.668. The van der Waals surface area contributed by atoms with Gasteiger partial charge in [0.05, 0.1) is 29.3 Å². The van der Waals surface area contributed by atoms with Crippen LogP contribution >= 0.6 is 23.4 Å². The molecular formula is C19H17ClN4O5S. The number of carbonyl (C=O) groups excluding carboxylic acids is 2. The Morgan fingerprint density at radius 1 is 1.37 bits per heavy atom. The number of hydrogen-bond donors (Lipinski definition) is 2. The molecule has 30 heavy (non-hydrogen) atoms. The highest BCUT2D eigenvalue weighted by atomic mass is 35.5. The van der Waals surface area contributed by atoms with Gasteiger partial charge in [-0.3, -0.25) is 24.7 Å². The predicted octanol–water partition coefficient (Wildman–Crippen LogP) is 3.37. The Labute approximate surface area is 181 Å². The summed E-state index contributed by atoms with van der Waals surface area (Å²) < 4.78 is 5.28. The summed E-state index contributed by atoms with van der Waals surface area (Å²) in [6, 6.07) is 11.1. The average Bonchev–Trinajstić information content (AvgIpc) is 3.07. The molecule has 0 aliphatic carbocycles. The number of halogens is 1. The lowest BCUT2D eigenvalue weighted by atomic mass is 10.2. The summed E-state index contributed by atoms with van der Waals surface area (Å²) in [5.41, 5.74) is 0.779. The van der Waals surface area contributed by atoms with Gasteiger partial charge in [-0.05, 0) is 12.1 Å². The molecule has 156 valence electrons. The van der Waals surface area contributed by atoms with Crippen LogP contribution in [-0.4, -0.2) is 34.3 Å². The van der Waals surface area contributed by atoms with Crippen molar-refractivity contribution < 1.29 is 19.2 Å². The van der Waals surface area contributed by atoms with E-state index in [0.717, 1.165) is 17.3 Å². The minimum absolute atomic E-state index is 0.115. The molecule has 1 aliphatic heterocycles. The molecule has 1 atom stereocenters. The first-order valence-corrected chi connectivity index (χ1v) is 10.0. The van der Waals surface area contributed by atoms with Crippen LogP contribution in [-0.2, 0) is 16.1 Å². The molecule has 1 fully saturated rings. The van der Waals surface area contributed by atoms with E-state index in [1.807, 2.05) is 24.3 Å². The van der Waals surface area contributed by atoms with Gasteiger partial charge in [0.1, 0.15) is 11.0 Å². The summed E-state index contributed by atoms with van der Waals surface area (Å²) >= 11 is 7.14. The summed E-state index contributed by atoms with van der Waals surface area (Å²) in [5.74, 6) is -0.129. The van der Waals surface area contributed by atoms with E-state index in [4.69, 9.17) is 16.3 Å². The van der Waals surface area contributed by atoms with Gasteiger partial charge >= 0.3 is 0 Å². The monoisotopic (exact) mass is 448 g/mol. The highest BCUT2D eigenvalue weighted by Gasteiger charge is 2.32. The number of carbonyl (C=O) groups is 2. The molecule has 1 aliphatic rings. The van der Waals surface area contributed by atoms with Crippen LogP contribution in [0.4, 0.5) is 11.4 Å². The molecule has 0 radical (unpaired) electrons. The Hall–Kier alpha value is -3.11. The zero-order valence-corrected chi connectivity index (χ0v) is 17.3. The number of aliphatic imine (C=N–C) groups is 1. The lowest BCUT2D eigenvalue weighted by molar-refractivity contribution is -0.384. The van der Waals surface area contributed by atoms with Crippen molar-refractivity contribution in [2.75, 3.05) is 12.4 Å². The molecule has 2 aromatic rings. The highest BCUT2D eigenvalue weighted by molar-refractivity contribution is 8.15. The quantitative estimate of drug-likeness (QED) is 0.494. The maximum absolute atomic E-state index is 12.3. The van der Waals surface area contributed by atoms with Crippen LogP contribution < -0.4 is 15.4 Å². The number of nitrogens with zero attached hydrogens (tertiary/aromatic N) is 2. The first-order valence-electron chi connectivity index (χ1n) is 8.75. The number of nitrogens with one attached hydrogen (secondary N) is 2. The number of para-hydroxylation sites is 1. The molecule has 11 heteroatoms. The summed E-state index contributed by atoms with van der Waals surface area (Å²) in [4.78, 5) is 39.2. The second-order valence-corrected chi connectivity index (χ2v) is 7.80. The molecular weight excluding hydrogens is 432 g/mol. The molecule has 0 spiro atoms. The van der Waals surface area contributed by atoms with E-state index in [0.29, 0.717) is 17.5 Å². The number of nitro groups is 1. The van der Waals surface area contributed by atoms with Gasteiger partial charge in [-0.2, -0.15) is 0 Å². The van der Waals surface area contributed by atoms with E-state index in [1.54, 1.807) is 7.11 Å². The van der Waals surface area contributed by atoms with Crippen molar-refractivity contribution in [3.05, 3.63) is 63.2 Å². The molecule has 9 nitrogen and oxygen atoms in total. The van der Waals surface area contributed by atoms with Crippen LogP contribution in [0.2, 0.25) is 5.02 Å². The summed E-state index contributed by atoms with van der Waals surface area (Å²) in [7, 11) is 1.57. The zero-order valence-electron chi connectivity index (χ0n) is 15.8. The summed E-state index contributed by atoms with van der Waals surface area (Å²) in [5, 5.41) is 16.0. The van der Waals surface area contributed by atoms with Crippen molar-refractivity contribution in [2.24, 2.45) is 4.99 Å². The molecule has 1 saturated heterocycles. The van der Waals surface area contributed by atoms with Crippen LogP contribution in [0.1, 0.15) is 12.0 Å². The first kappa shape index (κ1) is 21.6. The fourth-order valence-corrected chi connectivity index (χ4v) is 3.83. The molecule has 3 rings (SSSR count). The highest BCUT2D eigenvalue weighted by Crippen LogP contribution is 2.28. The summed E-state index contributed by atoms with van der Waals surface area (Å²) in [6.07, 6.45) is -0.136. The maximum atomic E-state index is 12.3. The number of ether oxygens (including phenoxy) is 1. The lowest BCUT2D eigenvalue weighted by Crippen LogP contribution is -2.28. The third-order valence-corrected chi connectivity index (χ3v) is 5.62. The molecule has 0 saturated carbocycles. The molecule has 2 aromatic carbocycles. The van der Waals surface area contributed by atoms with E-state index < -0.39 is 16.1 Å². The van der Waals surface area contributed by atoms with Gasteiger partial charge in [0.25, 0.3) is 5.69 Å². The van der Waals surface area contributed by atoms with E-state index in [2.05, 4.69) is 15.6 Å². The standard InChI is InChI=1S/C19H17ClN4O5S/c1-29-15-5-3-2-4-11(15)10-21-19-23-18(26)16(30-19)9-17(25)22-14-8-12(24(27)28)6-7-13(14)20/h2-8,16H,9-10H2,1H3,(H,22,25)(H,21,23,26)/t16-/m1/s1. The smallest absolute Gasteiger partial charge is 0.271 e. The Bertz CT molecular complexity index is 1030. The van der Waals surface area contributed by atoms with Crippen LogP contribution in [0.25, 0.3) is 0 Å². The third-order valence-electron chi connectivity index (χ3n) is 4.17. The fourth-order valence-electron chi connectivity index (χ4n) is 2.70. The number of benzene rings is 2. The molecule has 2 amide bonds. The largest absolute Gasteiger partial charge is 0.496 e. The molecule has 2 N–H and O–H groups in total. The van der Waals surface area contributed by atoms with E-state index in [-0.39, 0.29) is 28.7 Å². The number of anilines is 1. The van der Waals surface area contributed by atoms with Gasteiger partial charge in [0.2, 0.25) is 11.8 Å². The second kappa shape index (κ2) is 9.59. The molecule has 0 unspecified atom stereocenters. The Balaban J connectivity index is 1.61. The molecule has 0 bridgehead atoms. The van der Waals surface area contributed by atoms with Crippen molar-refractivity contribution in [3.8, 4) is 5.75 Å². The number of thioether (sulfide) groups is 1. The van der Waals surface area contributed by atoms with Gasteiger partial charge in [-0.25, -0.2) is 0 Å². The van der Waals surface area contributed by atoms with Crippen molar-refractivity contribution in [1.29, 1.82) is 0 Å². The fraction of sp³-hybridized carbons (Fsp3) is 0.211. The number of hydrogen-bond acceptors (Lipinski definition) is 7. The van der Waals surface area contributed by atoms with E-state index in [9.17, 15) is 19.7 Å². The number of nitro benzene ring substituents is 1. The van der Waals surface area contributed by atoms with Crippen molar-refractivity contribution >= 4 is 51.7 Å². The zero-order chi connectivity index (χ0) is 21.7. The second-order valence-electron chi connectivity index (χ2n) is 6.20.